The molecule has 10 heteroatoms. The first-order valence-corrected chi connectivity index (χ1v) is 9.91. The molecule has 2 atom stereocenters. The topological polar surface area (TPSA) is 61.9 Å². The third-order valence-electron chi connectivity index (χ3n) is 5.10. The number of nitrogens with zero attached hydrogens (tertiary/aromatic N) is 4. The Balaban J connectivity index is 1.90. The molecule has 0 N–H and O–H groups in total. The molecule has 6 nitrogen and oxygen atoms in total. The second kappa shape index (κ2) is 7.47. The summed E-state index contributed by atoms with van der Waals surface area (Å²) in [6.45, 7) is 3.71. The van der Waals surface area contributed by atoms with Crippen LogP contribution in [0.2, 0.25) is 0 Å². The minimum Gasteiger partial charge on any atom is -0.464 e. The summed E-state index contributed by atoms with van der Waals surface area (Å²) in [5, 5.41) is 4.67. The van der Waals surface area contributed by atoms with E-state index in [4.69, 9.17) is 4.74 Å². The van der Waals surface area contributed by atoms with Gasteiger partial charge in [0.15, 0.2) is 6.04 Å². The van der Waals surface area contributed by atoms with Crippen molar-refractivity contribution in [2.45, 2.75) is 45.5 Å². The van der Waals surface area contributed by atoms with Crippen LogP contribution in [0.4, 0.5) is 13.2 Å². The highest BCUT2D eigenvalue weighted by Crippen LogP contribution is 2.36. The number of hydrogen-bond donors (Lipinski definition) is 0. The number of carbonyl (C=O) groups is 1. The van der Waals surface area contributed by atoms with Gasteiger partial charge in [0.1, 0.15) is 6.17 Å². The average Bonchev–Trinajstić information content (AvgIpc) is 3.34. The van der Waals surface area contributed by atoms with Crippen molar-refractivity contribution in [1.29, 1.82) is 0 Å². The predicted molar refractivity (Wildman–Crippen MR) is 103 cm³/mol. The second-order valence-corrected chi connectivity index (χ2v) is 7.78. The van der Waals surface area contributed by atoms with Crippen molar-refractivity contribution >= 4 is 32.8 Å². The Hall–Kier alpha value is -2.36. The molecule has 1 aliphatic heterocycles. The number of halogens is 4. The number of aryl methyl sites for hydroxylation is 1. The van der Waals surface area contributed by atoms with Crippen molar-refractivity contribution in [3.05, 3.63) is 45.6 Å². The molecule has 0 spiro atoms. The van der Waals surface area contributed by atoms with E-state index in [0.717, 1.165) is 0 Å². The van der Waals surface area contributed by atoms with Gasteiger partial charge in [-0.2, -0.15) is 5.10 Å². The van der Waals surface area contributed by atoms with E-state index in [2.05, 4.69) is 26.0 Å². The van der Waals surface area contributed by atoms with E-state index in [1.807, 2.05) is 0 Å². The van der Waals surface area contributed by atoms with Crippen molar-refractivity contribution in [1.82, 2.24) is 19.3 Å². The lowest BCUT2D eigenvalue weighted by molar-refractivity contribution is -0.146. The van der Waals surface area contributed by atoms with Crippen LogP contribution in [0.1, 0.15) is 41.9 Å². The van der Waals surface area contributed by atoms with Crippen LogP contribution in [0.25, 0.3) is 10.9 Å². The first-order valence-electron chi connectivity index (χ1n) is 9.12. The fraction of sp³-hybridized carbons (Fsp3) is 0.421. The maximum absolute atomic E-state index is 13.9. The molecule has 0 saturated carbocycles. The van der Waals surface area contributed by atoms with Crippen molar-refractivity contribution in [2.24, 2.45) is 0 Å². The SMILES string of the molecule is CCOC(=O)C(c1ncn2c1C[C@@H](F)C2)n1cc2c(C(F)F)cc(Br)c(C)c2n1. The summed E-state index contributed by atoms with van der Waals surface area (Å²) < 4.78 is 49.7. The van der Waals surface area contributed by atoms with Crippen molar-refractivity contribution in [3.63, 3.8) is 0 Å². The molecule has 1 unspecified atom stereocenters. The lowest BCUT2D eigenvalue weighted by Gasteiger charge is -2.15. The molecular weight excluding hydrogens is 453 g/mol. The van der Waals surface area contributed by atoms with Gasteiger partial charge in [-0.25, -0.2) is 22.9 Å². The number of rotatable bonds is 5. The van der Waals surface area contributed by atoms with E-state index in [1.165, 1.54) is 23.3 Å². The number of hydrogen-bond acceptors (Lipinski definition) is 4. The summed E-state index contributed by atoms with van der Waals surface area (Å²) in [5.41, 5.74) is 1.74. The summed E-state index contributed by atoms with van der Waals surface area (Å²) in [7, 11) is 0. The van der Waals surface area contributed by atoms with Gasteiger partial charge in [0.05, 0.1) is 30.7 Å². The molecule has 2 aromatic heterocycles. The molecular formula is C19H18BrF3N4O2. The van der Waals surface area contributed by atoms with Gasteiger partial charge >= 0.3 is 5.97 Å². The Morgan fingerprint density at radius 3 is 2.90 bits per heavy atom. The third-order valence-corrected chi connectivity index (χ3v) is 5.92. The Morgan fingerprint density at radius 2 is 2.21 bits per heavy atom. The number of benzene rings is 1. The fourth-order valence-corrected chi connectivity index (χ4v) is 4.15. The van der Waals surface area contributed by atoms with Crippen LogP contribution in [0.5, 0.6) is 0 Å². The Kier molecular flexibility index (Phi) is 5.14. The molecule has 0 bridgehead atoms. The van der Waals surface area contributed by atoms with E-state index in [0.29, 0.717) is 26.9 Å². The number of ether oxygens (including phenoxy) is 1. The van der Waals surface area contributed by atoms with Gasteiger partial charge in [-0.05, 0) is 25.5 Å². The second-order valence-electron chi connectivity index (χ2n) is 6.93. The molecule has 0 fully saturated rings. The molecule has 0 aliphatic carbocycles. The quantitative estimate of drug-likeness (QED) is 0.521. The minimum atomic E-state index is -2.71. The van der Waals surface area contributed by atoms with Crippen molar-refractivity contribution < 1.29 is 22.7 Å². The van der Waals surface area contributed by atoms with Crippen molar-refractivity contribution in [2.75, 3.05) is 6.61 Å². The smallest absolute Gasteiger partial charge is 0.337 e. The summed E-state index contributed by atoms with van der Waals surface area (Å²) in [6.07, 6.45) is -0.761. The molecule has 3 heterocycles. The number of alkyl halides is 3. The zero-order valence-corrected chi connectivity index (χ0v) is 17.3. The van der Waals surface area contributed by atoms with E-state index in [9.17, 15) is 18.0 Å². The molecule has 29 heavy (non-hydrogen) atoms. The summed E-state index contributed by atoms with van der Waals surface area (Å²) in [6, 6.07) is 0.267. The third kappa shape index (κ3) is 3.33. The molecule has 1 aromatic carbocycles. The van der Waals surface area contributed by atoms with E-state index < -0.39 is 24.6 Å². The number of carbonyl (C=O) groups excluding carboxylic acids is 1. The van der Waals surface area contributed by atoms with E-state index in [-0.39, 0.29) is 30.5 Å². The lowest BCUT2D eigenvalue weighted by atomic mass is 10.1. The van der Waals surface area contributed by atoms with Crippen LogP contribution in [0.15, 0.2) is 23.1 Å². The zero-order chi connectivity index (χ0) is 20.9. The number of fused-ring (bicyclic) bond motifs is 2. The molecule has 0 amide bonds. The largest absolute Gasteiger partial charge is 0.464 e. The Labute approximate surface area is 172 Å². The number of imidazole rings is 1. The fourth-order valence-electron chi connectivity index (χ4n) is 3.71. The van der Waals surface area contributed by atoms with Gasteiger partial charge in [-0.15, -0.1) is 0 Å². The van der Waals surface area contributed by atoms with E-state index >= 15 is 0 Å². The number of aromatic nitrogens is 4. The highest BCUT2D eigenvalue weighted by atomic mass is 79.9. The van der Waals surface area contributed by atoms with Crippen LogP contribution >= 0.6 is 15.9 Å². The van der Waals surface area contributed by atoms with Crippen LogP contribution < -0.4 is 0 Å². The van der Waals surface area contributed by atoms with Crippen LogP contribution in [0, 0.1) is 6.92 Å². The van der Waals surface area contributed by atoms with Gasteiger partial charge in [-0.1, -0.05) is 15.9 Å². The molecule has 0 saturated heterocycles. The first-order chi connectivity index (χ1) is 13.8. The van der Waals surface area contributed by atoms with Gasteiger partial charge in [-0.3, -0.25) is 4.68 Å². The van der Waals surface area contributed by atoms with Crippen LogP contribution in [0.3, 0.4) is 0 Å². The van der Waals surface area contributed by atoms with Crippen LogP contribution in [-0.2, 0) is 22.5 Å². The van der Waals surface area contributed by atoms with Crippen LogP contribution in [-0.4, -0.2) is 38.1 Å². The monoisotopic (exact) mass is 470 g/mol. The Morgan fingerprint density at radius 1 is 1.45 bits per heavy atom. The summed E-state index contributed by atoms with van der Waals surface area (Å²) in [4.78, 5) is 17.1. The maximum atomic E-state index is 13.9. The first kappa shape index (κ1) is 19.9. The van der Waals surface area contributed by atoms with Gasteiger partial charge in [0, 0.05) is 33.7 Å². The standard InChI is InChI=1S/C19H18BrF3N4O2/c1-3-29-19(28)17(16-14-4-10(21)6-26(14)8-24-16)27-7-12-11(18(22)23)5-13(20)9(2)15(12)25-27/h5,7-8,10,17-18H,3-4,6H2,1-2H3/t10-,17?/m1/s1. The minimum absolute atomic E-state index is 0.124. The van der Waals surface area contributed by atoms with E-state index in [1.54, 1.807) is 18.4 Å². The molecule has 154 valence electrons. The molecule has 1 aliphatic rings. The lowest BCUT2D eigenvalue weighted by Crippen LogP contribution is -2.25. The van der Waals surface area contributed by atoms with Crippen molar-refractivity contribution in [3.8, 4) is 0 Å². The molecule has 3 aromatic rings. The highest BCUT2D eigenvalue weighted by molar-refractivity contribution is 9.10. The summed E-state index contributed by atoms with van der Waals surface area (Å²) in [5.74, 6) is -0.626. The van der Waals surface area contributed by atoms with Gasteiger partial charge < -0.3 is 9.30 Å². The molecule has 4 rings (SSSR count). The average molecular weight is 471 g/mol. The van der Waals surface area contributed by atoms with Gasteiger partial charge in [0.2, 0.25) is 0 Å². The molecule has 0 radical (unpaired) electrons. The maximum Gasteiger partial charge on any atom is 0.337 e. The van der Waals surface area contributed by atoms with Gasteiger partial charge in [0.25, 0.3) is 6.43 Å². The summed E-state index contributed by atoms with van der Waals surface area (Å²) >= 11 is 3.29. The zero-order valence-electron chi connectivity index (χ0n) is 15.7. The highest BCUT2D eigenvalue weighted by Gasteiger charge is 2.35. The Bertz CT molecular complexity index is 1090. The normalized spacial score (nSPS) is 17.1. The number of esters is 1. The predicted octanol–water partition coefficient (Wildman–Crippen LogP) is 4.29.